The number of aliphatic hydroxyl groups is 1. The van der Waals surface area contributed by atoms with Crippen LogP contribution in [-0.4, -0.2) is 106 Å². The number of likely N-dealkylation sites (tertiary alicyclic amines) is 1. The topological polar surface area (TPSA) is 135 Å². The summed E-state index contributed by atoms with van der Waals surface area (Å²) in [6, 6.07) is 7.23. The highest BCUT2D eigenvalue weighted by atomic mass is 79.9. The number of carbonyl (C=O) groups is 4. The minimum atomic E-state index is -1.32. The number of amides is 3. The molecule has 252 valence electrons. The van der Waals surface area contributed by atoms with Crippen LogP contribution in [0.1, 0.15) is 51.7 Å². The fourth-order valence-corrected chi connectivity index (χ4v) is 8.07. The van der Waals surface area contributed by atoms with Crippen LogP contribution in [0.25, 0.3) is 0 Å². The first-order valence-electron chi connectivity index (χ1n) is 15.7. The summed E-state index contributed by atoms with van der Waals surface area (Å²) in [4.78, 5) is 58.3. The average molecular weight is 705 g/mol. The predicted octanol–water partition coefficient (Wildman–Crippen LogP) is 2.92. The number of hydrogen-bond donors (Lipinski definition) is 2. The Kier molecular flexibility index (Phi) is 11.5. The van der Waals surface area contributed by atoms with Crippen LogP contribution >= 0.6 is 15.9 Å². The summed E-state index contributed by atoms with van der Waals surface area (Å²) in [5.74, 6) is -3.76. The number of fused-ring (bicyclic) bond motifs is 1. The zero-order valence-corrected chi connectivity index (χ0v) is 28.6. The molecule has 46 heavy (non-hydrogen) atoms. The van der Waals surface area contributed by atoms with Crippen molar-refractivity contribution in [2.75, 3.05) is 33.4 Å². The van der Waals surface area contributed by atoms with Crippen LogP contribution in [0.5, 0.6) is 0 Å². The highest BCUT2D eigenvalue weighted by Crippen LogP contribution is 2.60. The van der Waals surface area contributed by atoms with Gasteiger partial charge in [0.05, 0.1) is 37.2 Å². The molecule has 0 saturated carbocycles. The van der Waals surface area contributed by atoms with E-state index in [0.717, 1.165) is 0 Å². The zero-order valence-electron chi connectivity index (χ0n) is 27.0. The molecule has 1 unspecified atom stereocenters. The minimum absolute atomic E-state index is 0.0530. The van der Waals surface area contributed by atoms with Crippen molar-refractivity contribution < 1.29 is 38.5 Å². The molecular weight excluding hydrogens is 658 g/mol. The number of aliphatic hydroxyl groups excluding tert-OH is 1. The number of methoxy groups -OCH3 is 1. The molecule has 0 aromatic heterocycles. The number of rotatable bonds is 15. The van der Waals surface area contributed by atoms with Crippen molar-refractivity contribution >= 4 is 39.6 Å². The quantitative estimate of drug-likeness (QED) is 0.162. The van der Waals surface area contributed by atoms with E-state index in [1.807, 2.05) is 26.8 Å². The van der Waals surface area contributed by atoms with Crippen molar-refractivity contribution in [2.24, 2.45) is 11.8 Å². The predicted molar refractivity (Wildman–Crippen MR) is 175 cm³/mol. The van der Waals surface area contributed by atoms with Gasteiger partial charge in [0.2, 0.25) is 17.7 Å². The monoisotopic (exact) mass is 703 g/mol. The molecule has 1 aromatic rings. The van der Waals surface area contributed by atoms with Gasteiger partial charge in [-0.05, 0) is 39.2 Å². The Morgan fingerprint density at radius 2 is 1.93 bits per heavy atom. The number of carbonyl (C=O) groups excluding carboxylic acids is 4. The molecule has 1 aromatic carbocycles. The third kappa shape index (κ3) is 6.81. The van der Waals surface area contributed by atoms with Gasteiger partial charge in [0.1, 0.15) is 17.7 Å². The largest absolute Gasteiger partial charge is 0.455 e. The van der Waals surface area contributed by atoms with Gasteiger partial charge in [-0.2, -0.15) is 0 Å². The lowest BCUT2D eigenvalue weighted by atomic mass is 9.70. The number of benzene rings is 1. The maximum absolute atomic E-state index is 14.4. The summed E-state index contributed by atoms with van der Waals surface area (Å²) >= 11 is 3.68. The van der Waals surface area contributed by atoms with Gasteiger partial charge in [-0.3, -0.25) is 19.2 Å². The second kappa shape index (κ2) is 14.8. The summed E-state index contributed by atoms with van der Waals surface area (Å²) in [6.45, 7) is 13.0. The highest BCUT2D eigenvalue weighted by Gasteiger charge is 2.77. The first kappa shape index (κ1) is 35.8. The van der Waals surface area contributed by atoms with Gasteiger partial charge in [0.25, 0.3) is 0 Å². The van der Waals surface area contributed by atoms with Crippen molar-refractivity contribution in [1.82, 2.24) is 15.1 Å². The molecule has 3 aliphatic heterocycles. The third-order valence-electron chi connectivity index (χ3n) is 9.03. The van der Waals surface area contributed by atoms with Crippen molar-refractivity contribution in [3.63, 3.8) is 0 Å². The van der Waals surface area contributed by atoms with Crippen molar-refractivity contribution in [2.45, 2.75) is 80.3 Å². The lowest BCUT2D eigenvalue weighted by Crippen LogP contribution is -2.60. The number of alkyl halides is 1. The molecule has 0 aliphatic carbocycles. The molecular formula is C34H46BrN3O8. The smallest absolute Gasteiger partial charge is 0.313 e. The molecule has 4 rings (SSSR count). The van der Waals surface area contributed by atoms with E-state index in [2.05, 4.69) is 34.4 Å². The molecule has 2 bridgehead atoms. The molecule has 1 spiro atoms. The average Bonchev–Trinajstić information content (AvgIpc) is 3.60. The van der Waals surface area contributed by atoms with Crippen LogP contribution in [0.3, 0.4) is 0 Å². The number of allylic oxidation sites excluding steroid dienone is 1. The zero-order chi connectivity index (χ0) is 33.8. The number of ether oxygens (including phenoxy) is 3. The summed E-state index contributed by atoms with van der Waals surface area (Å²) in [5.41, 5.74) is -1.29. The second-order valence-electron chi connectivity index (χ2n) is 13.1. The second-order valence-corrected chi connectivity index (χ2v) is 14.2. The highest BCUT2D eigenvalue weighted by molar-refractivity contribution is 9.09. The van der Waals surface area contributed by atoms with Crippen LogP contribution in [0.2, 0.25) is 0 Å². The molecule has 3 saturated heterocycles. The SMILES string of the molecule is C=CCCC(=O)N[C@H](COC)[C@H](OC(=O)[C@@H]1[C@H]2O[C@@]3(CC2Br)[C@H](C(=O)N(CC=C)C(C)(C)C)N(CCO)C(=O)[C@@H]13)c1ccccc1. The van der Waals surface area contributed by atoms with E-state index in [1.54, 1.807) is 41.3 Å². The van der Waals surface area contributed by atoms with Crippen LogP contribution in [-0.2, 0) is 33.4 Å². The minimum Gasteiger partial charge on any atom is -0.455 e. The summed E-state index contributed by atoms with van der Waals surface area (Å²) in [5, 5.41) is 12.9. The maximum Gasteiger partial charge on any atom is 0.313 e. The van der Waals surface area contributed by atoms with Gasteiger partial charge in [-0.25, -0.2) is 0 Å². The lowest BCUT2D eigenvalue weighted by molar-refractivity contribution is -0.163. The number of halogens is 1. The number of β-amino-alcohol motifs (C(OH)–C–C–N with tert-alkyl or cyclic N) is 1. The maximum atomic E-state index is 14.4. The molecule has 2 N–H and O–H groups in total. The summed E-state index contributed by atoms with van der Waals surface area (Å²) < 4.78 is 18.3. The van der Waals surface area contributed by atoms with Gasteiger partial charge >= 0.3 is 5.97 Å². The van der Waals surface area contributed by atoms with Crippen LogP contribution < -0.4 is 5.32 Å². The molecule has 3 fully saturated rings. The number of esters is 1. The lowest BCUT2D eigenvalue weighted by Gasteiger charge is -2.42. The first-order valence-corrected chi connectivity index (χ1v) is 16.6. The van der Waals surface area contributed by atoms with Crippen LogP contribution in [0.4, 0.5) is 0 Å². The molecule has 8 atom stereocenters. The van der Waals surface area contributed by atoms with Gasteiger partial charge in [-0.1, -0.05) is 58.4 Å². The summed E-state index contributed by atoms with van der Waals surface area (Å²) in [7, 11) is 1.49. The Hall–Kier alpha value is -3.06. The van der Waals surface area contributed by atoms with Gasteiger partial charge < -0.3 is 34.4 Å². The van der Waals surface area contributed by atoms with Crippen LogP contribution in [0.15, 0.2) is 55.6 Å². The van der Waals surface area contributed by atoms with E-state index in [4.69, 9.17) is 14.2 Å². The van der Waals surface area contributed by atoms with Crippen LogP contribution in [0, 0.1) is 11.8 Å². The third-order valence-corrected chi connectivity index (χ3v) is 9.87. The fourth-order valence-electron chi connectivity index (χ4n) is 7.12. The number of hydrogen-bond acceptors (Lipinski definition) is 8. The van der Waals surface area contributed by atoms with E-state index in [0.29, 0.717) is 18.4 Å². The van der Waals surface area contributed by atoms with E-state index < -0.39 is 59.1 Å². The Morgan fingerprint density at radius 1 is 1.24 bits per heavy atom. The Morgan fingerprint density at radius 3 is 2.52 bits per heavy atom. The van der Waals surface area contributed by atoms with Gasteiger partial charge in [0, 0.05) is 37.0 Å². The van der Waals surface area contributed by atoms with E-state index in [1.165, 1.54) is 12.0 Å². The first-order chi connectivity index (χ1) is 21.9. The standard InChI is InChI=1S/C34H46BrN3O8/c1-7-9-15-24(40)36-23(20-44-6)27(21-13-11-10-12-14-21)45-32(43)25-26-30(41)37(17-18-39)29(34(26)19-22(35)28(25)46-34)31(42)38(16-8-2)33(3,4)5/h7-8,10-14,22-23,25-29,39H,1-2,9,15-20H2,3-6H3,(H,36,40)/t22?,23-,25+,26-,27-,28+,29+,34-/m1/s1. The van der Waals surface area contributed by atoms with Gasteiger partial charge in [-0.15, -0.1) is 13.2 Å². The molecule has 3 aliphatic rings. The van der Waals surface area contributed by atoms with Crippen molar-refractivity contribution in [3.8, 4) is 0 Å². The molecule has 3 amide bonds. The normalized spacial score (nSPS) is 27.9. The number of nitrogens with zero attached hydrogens (tertiary/aromatic N) is 2. The Balaban J connectivity index is 1.72. The van der Waals surface area contributed by atoms with E-state index in [9.17, 15) is 24.3 Å². The Bertz CT molecular complexity index is 1300. The number of nitrogens with one attached hydrogen (secondary N) is 1. The van der Waals surface area contributed by atoms with E-state index in [-0.39, 0.29) is 49.4 Å². The van der Waals surface area contributed by atoms with E-state index >= 15 is 0 Å². The van der Waals surface area contributed by atoms with Crippen molar-refractivity contribution in [1.29, 1.82) is 0 Å². The molecule has 0 radical (unpaired) electrons. The Labute approximate surface area is 279 Å². The molecule has 12 heteroatoms. The van der Waals surface area contributed by atoms with Gasteiger partial charge in [0.15, 0.2) is 0 Å². The summed E-state index contributed by atoms with van der Waals surface area (Å²) in [6.07, 6.45) is 2.58. The molecule has 11 nitrogen and oxygen atoms in total. The van der Waals surface area contributed by atoms with Crippen molar-refractivity contribution in [3.05, 3.63) is 61.2 Å². The molecule has 3 heterocycles. The fraction of sp³-hybridized carbons (Fsp3) is 0.588.